The summed E-state index contributed by atoms with van der Waals surface area (Å²) in [4.78, 5) is 2.33. The maximum absolute atomic E-state index is 8.92. The molecule has 0 bridgehead atoms. The summed E-state index contributed by atoms with van der Waals surface area (Å²) in [5.41, 5.74) is 16.8. The Labute approximate surface area is 349 Å². The van der Waals surface area contributed by atoms with Crippen molar-refractivity contribution in [3.8, 4) is 66.8 Å². The Morgan fingerprint density at radius 3 is 1.40 bits per heavy atom. The fourth-order valence-corrected chi connectivity index (χ4v) is 8.67. The predicted octanol–water partition coefficient (Wildman–Crippen LogP) is 15.8. The Bertz CT molecular complexity index is 3070. The Kier molecular flexibility index (Phi) is 7.60. The van der Waals surface area contributed by atoms with E-state index in [2.05, 4.69) is 158 Å². The molecule has 9 aromatic rings. The summed E-state index contributed by atoms with van der Waals surface area (Å²) >= 11 is 0. The first kappa shape index (κ1) is 30.0. The first-order valence-electron chi connectivity index (χ1n) is 22.3. The molecular weight excluding hydrogens is 699 g/mol. The maximum Gasteiger partial charge on any atom is 0.0629 e. The fourth-order valence-electron chi connectivity index (χ4n) is 8.67. The molecular formula is C57H43N. The van der Waals surface area contributed by atoms with Crippen molar-refractivity contribution in [1.82, 2.24) is 0 Å². The number of anilines is 3. The van der Waals surface area contributed by atoms with Crippen LogP contribution in [-0.4, -0.2) is 0 Å². The highest BCUT2D eigenvalue weighted by atomic mass is 15.1. The van der Waals surface area contributed by atoms with Gasteiger partial charge in [0.15, 0.2) is 0 Å². The normalized spacial score (nSPS) is 13.7. The van der Waals surface area contributed by atoms with Crippen molar-refractivity contribution in [3.05, 3.63) is 235 Å². The molecule has 0 saturated carbocycles. The van der Waals surface area contributed by atoms with Crippen molar-refractivity contribution < 1.29 is 6.85 Å². The molecule has 0 amide bonds. The topological polar surface area (TPSA) is 3.24 Å². The Balaban J connectivity index is 1.16. The van der Waals surface area contributed by atoms with E-state index in [4.69, 9.17) is 6.85 Å². The van der Waals surface area contributed by atoms with E-state index < -0.39 is 6.04 Å². The van der Waals surface area contributed by atoms with Crippen LogP contribution in [0.1, 0.15) is 31.8 Å². The second-order valence-corrected chi connectivity index (χ2v) is 15.4. The van der Waals surface area contributed by atoms with Gasteiger partial charge in [0.25, 0.3) is 0 Å². The lowest BCUT2D eigenvalue weighted by Gasteiger charge is -2.28. The SMILES string of the molecule is [2H]c1c([2H])c([2H])c(-c2cc(-c3ccccc3)c(-c3ccc(N(c4ccc(-c5ccccc5)cc4)c4ccc5c(c4)C(C)(C)c4ccccc4-5)cc3)c(-c3ccccc3)c2)c([2H])c1[2H]. The summed E-state index contributed by atoms with van der Waals surface area (Å²) in [6, 6.07) is 66.1. The standard InChI is InChI=1S/C57H43N/c1-57(2)54-26-16-15-25-50(54)51-36-35-49(39-55(51)57)58(47-31-27-42(28-32-47)40-17-7-3-8-18-40)48-33-29-45(30-34-48)56-52(43-21-11-5-12-22-43)37-46(41-19-9-4-10-20-41)38-53(56)44-23-13-6-14-24-44/h3-39H,1-2H3/i4D,9D,10D,19D,20D. The summed E-state index contributed by atoms with van der Waals surface area (Å²) in [7, 11) is 0. The lowest BCUT2D eigenvalue weighted by molar-refractivity contribution is 0.660. The van der Waals surface area contributed by atoms with Gasteiger partial charge in [0.2, 0.25) is 0 Å². The number of nitrogens with zero attached hydrogens (tertiary/aromatic N) is 1. The molecule has 9 aromatic carbocycles. The van der Waals surface area contributed by atoms with Gasteiger partial charge in [0.05, 0.1) is 6.85 Å². The van der Waals surface area contributed by atoms with Crippen molar-refractivity contribution >= 4 is 17.1 Å². The molecule has 1 aliphatic carbocycles. The molecule has 0 spiro atoms. The highest BCUT2D eigenvalue weighted by molar-refractivity contribution is 5.98. The smallest absolute Gasteiger partial charge is 0.0629 e. The number of hydrogen-bond donors (Lipinski definition) is 0. The minimum absolute atomic E-state index is 0.169. The van der Waals surface area contributed by atoms with Crippen molar-refractivity contribution in [3.63, 3.8) is 0 Å². The lowest BCUT2D eigenvalue weighted by Crippen LogP contribution is -2.16. The molecule has 1 aliphatic rings. The van der Waals surface area contributed by atoms with E-state index in [0.717, 1.165) is 61.6 Å². The van der Waals surface area contributed by atoms with Gasteiger partial charge in [-0.15, -0.1) is 0 Å². The van der Waals surface area contributed by atoms with Gasteiger partial charge in [-0.3, -0.25) is 0 Å². The third kappa shape index (κ3) is 6.32. The highest BCUT2D eigenvalue weighted by Crippen LogP contribution is 2.51. The van der Waals surface area contributed by atoms with Crippen LogP contribution in [0.15, 0.2) is 224 Å². The van der Waals surface area contributed by atoms with Gasteiger partial charge in [0, 0.05) is 22.5 Å². The van der Waals surface area contributed by atoms with Crippen LogP contribution in [0.3, 0.4) is 0 Å². The van der Waals surface area contributed by atoms with Gasteiger partial charge in [-0.05, 0) is 126 Å². The number of fused-ring (bicyclic) bond motifs is 3. The summed E-state index contributed by atoms with van der Waals surface area (Å²) in [6.45, 7) is 4.62. The summed E-state index contributed by atoms with van der Waals surface area (Å²) in [6.07, 6.45) is 0. The minimum Gasteiger partial charge on any atom is -0.310 e. The van der Waals surface area contributed by atoms with Gasteiger partial charge < -0.3 is 4.90 Å². The van der Waals surface area contributed by atoms with Crippen LogP contribution in [0, 0.1) is 0 Å². The zero-order valence-electron chi connectivity index (χ0n) is 37.4. The summed E-state index contributed by atoms with van der Waals surface area (Å²) < 4.78 is 43.1. The second kappa shape index (κ2) is 14.7. The molecule has 0 atom stereocenters. The molecule has 1 nitrogen and oxygen atoms in total. The van der Waals surface area contributed by atoms with Crippen molar-refractivity contribution in [2.75, 3.05) is 4.90 Å². The molecule has 0 unspecified atom stereocenters. The van der Waals surface area contributed by atoms with Crippen LogP contribution in [-0.2, 0) is 5.41 Å². The van der Waals surface area contributed by atoms with Crippen molar-refractivity contribution in [2.24, 2.45) is 0 Å². The van der Waals surface area contributed by atoms with Gasteiger partial charge in [0.1, 0.15) is 0 Å². The average Bonchev–Trinajstić information content (AvgIpc) is 3.56. The quantitative estimate of drug-likeness (QED) is 0.150. The average molecular weight is 747 g/mol. The van der Waals surface area contributed by atoms with Crippen LogP contribution in [0.4, 0.5) is 17.1 Å². The second-order valence-electron chi connectivity index (χ2n) is 15.4. The lowest BCUT2D eigenvalue weighted by atomic mass is 9.82. The van der Waals surface area contributed by atoms with E-state index in [1.165, 1.54) is 22.3 Å². The largest absolute Gasteiger partial charge is 0.310 e. The van der Waals surface area contributed by atoms with Crippen LogP contribution >= 0.6 is 0 Å². The van der Waals surface area contributed by atoms with Crippen LogP contribution in [0.25, 0.3) is 66.8 Å². The van der Waals surface area contributed by atoms with Crippen LogP contribution < -0.4 is 4.90 Å². The van der Waals surface area contributed by atoms with E-state index in [-0.39, 0.29) is 35.1 Å². The molecule has 0 heterocycles. The van der Waals surface area contributed by atoms with Crippen molar-refractivity contribution in [1.29, 1.82) is 0 Å². The highest BCUT2D eigenvalue weighted by Gasteiger charge is 2.35. The molecule has 0 saturated heterocycles. The zero-order valence-corrected chi connectivity index (χ0v) is 32.4. The summed E-state index contributed by atoms with van der Waals surface area (Å²) in [5.74, 6) is 0. The minimum atomic E-state index is -0.410. The summed E-state index contributed by atoms with van der Waals surface area (Å²) in [5, 5.41) is 0. The van der Waals surface area contributed by atoms with E-state index in [9.17, 15) is 0 Å². The third-order valence-corrected chi connectivity index (χ3v) is 11.6. The zero-order chi connectivity index (χ0) is 43.4. The van der Waals surface area contributed by atoms with E-state index in [1.807, 2.05) is 54.6 Å². The van der Waals surface area contributed by atoms with Crippen molar-refractivity contribution in [2.45, 2.75) is 19.3 Å². The Morgan fingerprint density at radius 1 is 0.345 bits per heavy atom. The number of rotatable bonds is 8. The molecule has 58 heavy (non-hydrogen) atoms. The first-order valence-corrected chi connectivity index (χ1v) is 19.8. The molecule has 10 rings (SSSR count). The van der Waals surface area contributed by atoms with Crippen LogP contribution in [0.2, 0.25) is 0 Å². The molecule has 0 aliphatic heterocycles. The predicted molar refractivity (Wildman–Crippen MR) is 246 cm³/mol. The van der Waals surface area contributed by atoms with Gasteiger partial charge in [-0.2, -0.15) is 0 Å². The molecule has 0 N–H and O–H groups in total. The van der Waals surface area contributed by atoms with E-state index >= 15 is 0 Å². The molecule has 1 heteroatoms. The molecule has 276 valence electrons. The maximum atomic E-state index is 8.92. The first-order chi connectivity index (χ1) is 30.6. The van der Waals surface area contributed by atoms with Gasteiger partial charge >= 0.3 is 0 Å². The van der Waals surface area contributed by atoms with Gasteiger partial charge in [-0.1, -0.05) is 190 Å². The number of hydrogen-bond acceptors (Lipinski definition) is 1. The Morgan fingerprint density at radius 2 is 0.810 bits per heavy atom. The molecule has 0 radical (unpaired) electrons. The van der Waals surface area contributed by atoms with Crippen LogP contribution in [0.5, 0.6) is 0 Å². The number of benzene rings is 9. The van der Waals surface area contributed by atoms with E-state index in [0.29, 0.717) is 5.56 Å². The molecule has 0 fully saturated rings. The third-order valence-electron chi connectivity index (χ3n) is 11.6. The van der Waals surface area contributed by atoms with E-state index in [1.54, 1.807) is 0 Å². The monoisotopic (exact) mass is 746 g/mol. The molecule has 0 aromatic heterocycles. The Hall–Kier alpha value is -7.22. The fraction of sp³-hybridized carbons (Fsp3) is 0.0526. The van der Waals surface area contributed by atoms with Gasteiger partial charge in [-0.25, -0.2) is 0 Å².